The number of rotatable bonds is 6. The zero-order valence-corrected chi connectivity index (χ0v) is 12.2. The summed E-state index contributed by atoms with van der Waals surface area (Å²) in [6.07, 6.45) is 2.31. The standard InChI is InChI=1S/C14H15N5OS/c15-9-10-1-5-12(6-2-10)20-7-8-21-14-18-17-13(19(14)16)11-3-4-11/h1-2,5-6,11H,3-4,7-8,16H2. The van der Waals surface area contributed by atoms with Crippen LogP contribution >= 0.6 is 11.8 Å². The van der Waals surface area contributed by atoms with Crippen LogP contribution in [0.3, 0.4) is 0 Å². The van der Waals surface area contributed by atoms with Gasteiger partial charge in [-0.2, -0.15) is 5.26 Å². The number of hydrogen-bond donors (Lipinski definition) is 1. The van der Waals surface area contributed by atoms with Crippen molar-refractivity contribution in [1.29, 1.82) is 5.26 Å². The summed E-state index contributed by atoms with van der Waals surface area (Å²) in [6.45, 7) is 0.544. The van der Waals surface area contributed by atoms with Crippen LogP contribution in [0.15, 0.2) is 29.4 Å². The Bertz CT molecular complexity index is 657. The van der Waals surface area contributed by atoms with Gasteiger partial charge in [-0.15, -0.1) is 10.2 Å². The number of benzene rings is 1. The molecule has 0 bridgehead atoms. The van der Waals surface area contributed by atoms with Crippen LogP contribution in [0.2, 0.25) is 0 Å². The molecule has 1 fully saturated rings. The molecule has 1 aliphatic rings. The number of nitrogen functional groups attached to an aromatic ring is 1. The molecular formula is C14H15N5OS. The summed E-state index contributed by atoms with van der Waals surface area (Å²) in [7, 11) is 0. The van der Waals surface area contributed by atoms with Gasteiger partial charge in [0.1, 0.15) is 5.75 Å². The molecule has 1 aromatic carbocycles. The molecular weight excluding hydrogens is 286 g/mol. The van der Waals surface area contributed by atoms with Crippen LogP contribution in [-0.4, -0.2) is 27.2 Å². The Morgan fingerprint density at radius 1 is 1.33 bits per heavy atom. The Balaban J connectivity index is 1.46. The molecule has 0 unspecified atom stereocenters. The number of nitrogens with zero attached hydrogens (tertiary/aromatic N) is 4. The fourth-order valence-electron chi connectivity index (χ4n) is 1.92. The van der Waals surface area contributed by atoms with Gasteiger partial charge >= 0.3 is 0 Å². The summed E-state index contributed by atoms with van der Waals surface area (Å²) in [4.78, 5) is 0. The van der Waals surface area contributed by atoms with Gasteiger partial charge in [0, 0.05) is 11.7 Å². The fourth-order valence-corrected chi connectivity index (χ4v) is 2.61. The smallest absolute Gasteiger partial charge is 0.209 e. The molecule has 1 saturated carbocycles. The molecule has 1 aromatic heterocycles. The second kappa shape index (κ2) is 6.06. The minimum Gasteiger partial charge on any atom is -0.493 e. The highest BCUT2D eigenvalue weighted by Gasteiger charge is 2.29. The maximum absolute atomic E-state index is 8.72. The van der Waals surface area contributed by atoms with Crippen molar-refractivity contribution in [2.24, 2.45) is 0 Å². The zero-order valence-electron chi connectivity index (χ0n) is 11.4. The summed E-state index contributed by atoms with van der Waals surface area (Å²) in [5.74, 6) is 8.83. The highest BCUT2D eigenvalue weighted by Crippen LogP contribution is 2.39. The molecule has 0 radical (unpaired) electrons. The number of nitrogens with two attached hydrogens (primary N) is 1. The van der Waals surface area contributed by atoms with Crippen LogP contribution in [0.25, 0.3) is 0 Å². The van der Waals surface area contributed by atoms with Crippen LogP contribution in [0, 0.1) is 11.3 Å². The van der Waals surface area contributed by atoms with E-state index in [-0.39, 0.29) is 0 Å². The second-order valence-corrected chi connectivity index (χ2v) is 5.88. The number of nitriles is 1. The van der Waals surface area contributed by atoms with Crippen LogP contribution in [0.5, 0.6) is 5.75 Å². The molecule has 7 heteroatoms. The molecule has 2 aromatic rings. The minimum absolute atomic E-state index is 0.492. The van der Waals surface area contributed by atoms with Crippen LogP contribution in [0.1, 0.15) is 30.1 Å². The van der Waals surface area contributed by atoms with Crippen molar-refractivity contribution in [2.75, 3.05) is 18.2 Å². The molecule has 108 valence electrons. The van der Waals surface area contributed by atoms with Gasteiger partial charge in [0.15, 0.2) is 5.82 Å². The van der Waals surface area contributed by atoms with Crippen molar-refractivity contribution in [3.8, 4) is 11.8 Å². The van der Waals surface area contributed by atoms with E-state index < -0.39 is 0 Å². The van der Waals surface area contributed by atoms with E-state index in [2.05, 4.69) is 16.3 Å². The third kappa shape index (κ3) is 3.28. The minimum atomic E-state index is 0.492. The highest BCUT2D eigenvalue weighted by atomic mass is 32.2. The lowest BCUT2D eigenvalue weighted by Gasteiger charge is -2.06. The molecule has 0 spiro atoms. The lowest BCUT2D eigenvalue weighted by molar-refractivity contribution is 0.344. The maximum atomic E-state index is 8.72. The Hall–Kier alpha value is -2.20. The molecule has 1 heterocycles. The van der Waals surface area contributed by atoms with Crippen molar-refractivity contribution >= 4 is 11.8 Å². The Morgan fingerprint density at radius 2 is 2.10 bits per heavy atom. The van der Waals surface area contributed by atoms with Gasteiger partial charge in [-0.05, 0) is 37.1 Å². The normalized spacial score (nSPS) is 13.9. The van der Waals surface area contributed by atoms with Crippen molar-refractivity contribution < 1.29 is 4.74 Å². The molecule has 2 N–H and O–H groups in total. The molecule has 1 aliphatic carbocycles. The largest absolute Gasteiger partial charge is 0.493 e. The van der Waals surface area contributed by atoms with Crippen molar-refractivity contribution in [3.63, 3.8) is 0 Å². The molecule has 0 saturated heterocycles. The van der Waals surface area contributed by atoms with Gasteiger partial charge in [-0.25, -0.2) is 4.68 Å². The first-order chi connectivity index (χ1) is 10.3. The first-order valence-corrected chi connectivity index (χ1v) is 7.72. The van der Waals surface area contributed by atoms with Gasteiger partial charge < -0.3 is 10.6 Å². The summed E-state index contributed by atoms with van der Waals surface area (Å²) in [6, 6.07) is 9.13. The Labute approximate surface area is 126 Å². The van der Waals surface area contributed by atoms with Gasteiger partial charge in [0.05, 0.1) is 18.2 Å². The fraction of sp³-hybridized carbons (Fsp3) is 0.357. The van der Waals surface area contributed by atoms with E-state index in [0.717, 1.165) is 35.3 Å². The quantitative estimate of drug-likeness (QED) is 0.498. The average molecular weight is 301 g/mol. The van der Waals surface area contributed by atoms with Crippen LogP contribution in [-0.2, 0) is 0 Å². The predicted octanol–water partition coefficient (Wildman–Crippen LogP) is 1.91. The van der Waals surface area contributed by atoms with Crippen LogP contribution in [0.4, 0.5) is 0 Å². The topological polar surface area (TPSA) is 89.8 Å². The summed E-state index contributed by atoms with van der Waals surface area (Å²) >= 11 is 1.53. The number of thioether (sulfide) groups is 1. The van der Waals surface area contributed by atoms with E-state index in [1.165, 1.54) is 11.8 Å². The van der Waals surface area contributed by atoms with Crippen LogP contribution < -0.4 is 10.6 Å². The van der Waals surface area contributed by atoms with Gasteiger partial charge in [0.2, 0.25) is 5.16 Å². The van der Waals surface area contributed by atoms with Gasteiger partial charge in [-0.3, -0.25) is 0 Å². The van der Waals surface area contributed by atoms with E-state index in [1.54, 1.807) is 28.9 Å². The molecule has 6 nitrogen and oxygen atoms in total. The van der Waals surface area contributed by atoms with E-state index >= 15 is 0 Å². The van der Waals surface area contributed by atoms with E-state index in [4.69, 9.17) is 15.8 Å². The monoisotopic (exact) mass is 301 g/mol. The molecule has 21 heavy (non-hydrogen) atoms. The first kappa shape index (κ1) is 13.8. The van der Waals surface area contributed by atoms with Crippen molar-refractivity contribution in [3.05, 3.63) is 35.7 Å². The Kier molecular flexibility index (Phi) is 3.97. The third-order valence-electron chi connectivity index (χ3n) is 3.20. The lowest BCUT2D eigenvalue weighted by Crippen LogP contribution is -2.14. The maximum Gasteiger partial charge on any atom is 0.209 e. The average Bonchev–Trinajstić information content (AvgIpc) is 3.29. The first-order valence-electron chi connectivity index (χ1n) is 6.74. The number of ether oxygens (including phenoxy) is 1. The van der Waals surface area contributed by atoms with E-state index in [1.807, 2.05) is 0 Å². The number of aromatic nitrogens is 3. The SMILES string of the molecule is N#Cc1ccc(OCCSc2nnc(C3CC3)n2N)cc1. The number of hydrogen-bond acceptors (Lipinski definition) is 6. The van der Waals surface area contributed by atoms with Gasteiger partial charge in [-0.1, -0.05) is 11.8 Å². The highest BCUT2D eigenvalue weighted by molar-refractivity contribution is 7.99. The van der Waals surface area contributed by atoms with Crippen molar-refractivity contribution in [2.45, 2.75) is 23.9 Å². The summed E-state index contributed by atoms with van der Waals surface area (Å²) < 4.78 is 7.19. The summed E-state index contributed by atoms with van der Waals surface area (Å²) in [5, 5.41) is 17.7. The van der Waals surface area contributed by atoms with E-state index in [0.29, 0.717) is 18.1 Å². The molecule has 3 rings (SSSR count). The van der Waals surface area contributed by atoms with Gasteiger partial charge in [0.25, 0.3) is 0 Å². The molecule has 0 amide bonds. The Morgan fingerprint density at radius 3 is 2.76 bits per heavy atom. The predicted molar refractivity (Wildman–Crippen MR) is 79.5 cm³/mol. The molecule has 0 atom stereocenters. The second-order valence-electron chi connectivity index (χ2n) is 4.82. The molecule has 0 aliphatic heterocycles. The zero-order chi connectivity index (χ0) is 14.7. The lowest BCUT2D eigenvalue weighted by atomic mass is 10.2. The van der Waals surface area contributed by atoms with Crippen molar-refractivity contribution in [1.82, 2.24) is 14.9 Å². The van der Waals surface area contributed by atoms with E-state index in [9.17, 15) is 0 Å². The third-order valence-corrected chi connectivity index (χ3v) is 4.11. The summed E-state index contributed by atoms with van der Waals surface area (Å²) in [5.41, 5.74) is 0.626.